The van der Waals surface area contributed by atoms with Gasteiger partial charge >= 0.3 is 0 Å². The van der Waals surface area contributed by atoms with Crippen molar-refractivity contribution >= 4 is 11.8 Å². The zero-order valence-electron chi connectivity index (χ0n) is 15.6. The maximum absolute atomic E-state index is 4.38. The Morgan fingerprint density at radius 1 is 1.12 bits per heavy atom. The van der Waals surface area contributed by atoms with Gasteiger partial charge in [0.2, 0.25) is 0 Å². The predicted octanol–water partition coefficient (Wildman–Crippen LogP) is 4.00. The standard InChI is InChI=1S/C19H30N4S/c1-14(2)13-23-18(21-22-19(23)24-5)7-6-8-20-12-17-10-15(3)9-16(4)11-17/h9-11,14,20H,6-8,12-13H2,1-5H3. The second-order valence-corrected chi connectivity index (χ2v) is 7.66. The Bertz CT molecular complexity index is 629. The van der Waals surface area contributed by atoms with Crippen LogP contribution in [0.1, 0.15) is 42.8 Å². The number of rotatable bonds is 9. The molecule has 1 aromatic heterocycles. The van der Waals surface area contributed by atoms with E-state index in [0.717, 1.165) is 43.5 Å². The second-order valence-electron chi connectivity index (χ2n) is 6.88. The van der Waals surface area contributed by atoms with Crippen molar-refractivity contribution in [1.82, 2.24) is 20.1 Å². The summed E-state index contributed by atoms with van der Waals surface area (Å²) >= 11 is 1.68. The first-order chi connectivity index (χ1) is 11.5. The third kappa shape index (κ3) is 5.64. The summed E-state index contributed by atoms with van der Waals surface area (Å²) in [4.78, 5) is 0. The fourth-order valence-electron chi connectivity index (χ4n) is 2.98. The number of thioether (sulfide) groups is 1. The van der Waals surface area contributed by atoms with Gasteiger partial charge in [-0.25, -0.2) is 0 Å². The lowest BCUT2D eigenvalue weighted by molar-refractivity contribution is 0.475. The third-order valence-corrected chi connectivity index (χ3v) is 4.56. The molecule has 0 bridgehead atoms. The molecule has 0 radical (unpaired) electrons. The maximum atomic E-state index is 4.38. The molecule has 0 aliphatic rings. The van der Waals surface area contributed by atoms with Crippen molar-refractivity contribution in [2.24, 2.45) is 5.92 Å². The van der Waals surface area contributed by atoms with Crippen LogP contribution in [0.15, 0.2) is 23.4 Å². The minimum atomic E-state index is 0.605. The van der Waals surface area contributed by atoms with Crippen molar-refractivity contribution in [2.75, 3.05) is 12.8 Å². The molecule has 0 saturated heterocycles. The molecule has 0 fully saturated rings. The molecular weight excluding hydrogens is 316 g/mol. The molecule has 0 aliphatic carbocycles. The molecule has 0 saturated carbocycles. The van der Waals surface area contributed by atoms with Gasteiger partial charge in [0, 0.05) is 19.5 Å². The summed E-state index contributed by atoms with van der Waals surface area (Å²) in [6.07, 6.45) is 4.12. The van der Waals surface area contributed by atoms with Crippen LogP contribution in [0, 0.1) is 19.8 Å². The highest BCUT2D eigenvalue weighted by atomic mass is 32.2. The highest BCUT2D eigenvalue weighted by Crippen LogP contribution is 2.16. The Hall–Kier alpha value is -1.33. The van der Waals surface area contributed by atoms with E-state index in [9.17, 15) is 0 Å². The van der Waals surface area contributed by atoms with E-state index in [4.69, 9.17) is 0 Å². The van der Waals surface area contributed by atoms with Crippen molar-refractivity contribution in [2.45, 2.75) is 58.8 Å². The Morgan fingerprint density at radius 3 is 2.46 bits per heavy atom. The van der Waals surface area contributed by atoms with Crippen LogP contribution in [-0.4, -0.2) is 27.6 Å². The molecule has 2 rings (SSSR count). The summed E-state index contributed by atoms with van der Waals surface area (Å²) in [5.74, 6) is 1.72. The molecule has 0 amide bonds. The van der Waals surface area contributed by atoms with Gasteiger partial charge in [-0.3, -0.25) is 0 Å². The molecule has 24 heavy (non-hydrogen) atoms. The number of aryl methyl sites for hydroxylation is 3. The Labute approximate surface area is 150 Å². The zero-order valence-corrected chi connectivity index (χ0v) is 16.4. The smallest absolute Gasteiger partial charge is 0.190 e. The van der Waals surface area contributed by atoms with Gasteiger partial charge in [0.15, 0.2) is 5.16 Å². The average Bonchev–Trinajstić information content (AvgIpc) is 2.87. The molecule has 0 spiro atoms. The summed E-state index contributed by atoms with van der Waals surface area (Å²) in [5, 5.41) is 13.3. The van der Waals surface area contributed by atoms with E-state index in [-0.39, 0.29) is 0 Å². The molecule has 4 nitrogen and oxygen atoms in total. The maximum Gasteiger partial charge on any atom is 0.190 e. The quantitative estimate of drug-likeness (QED) is 0.550. The summed E-state index contributed by atoms with van der Waals surface area (Å²) in [6.45, 7) is 11.7. The first-order valence-electron chi connectivity index (χ1n) is 8.73. The number of aromatic nitrogens is 3. The van der Waals surface area contributed by atoms with Crippen LogP contribution < -0.4 is 5.32 Å². The van der Waals surface area contributed by atoms with Crippen molar-refractivity contribution in [3.63, 3.8) is 0 Å². The van der Waals surface area contributed by atoms with Gasteiger partial charge in [-0.15, -0.1) is 10.2 Å². The highest BCUT2D eigenvalue weighted by molar-refractivity contribution is 7.98. The van der Waals surface area contributed by atoms with E-state index < -0.39 is 0 Å². The first kappa shape index (κ1) is 19.0. The number of hydrogen-bond acceptors (Lipinski definition) is 4. The fraction of sp³-hybridized carbons (Fsp3) is 0.579. The van der Waals surface area contributed by atoms with E-state index >= 15 is 0 Å². The Kier molecular flexibility index (Phi) is 7.31. The molecular formula is C19H30N4S. The molecule has 5 heteroatoms. The predicted molar refractivity (Wildman–Crippen MR) is 103 cm³/mol. The highest BCUT2D eigenvalue weighted by Gasteiger charge is 2.12. The van der Waals surface area contributed by atoms with Crippen LogP contribution in [0.25, 0.3) is 0 Å². The first-order valence-corrected chi connectivity index (χ1v) is 9.96. The zero-order chi connectivity index (χ0) is 17.5. The normalized spacial score (nSPS) is 11.4. The van der Waals surface area contributed by atoms with Gasteiger partial charge in [-0.1, -0.05) is 54.9 Å². The van der Waals surface area contributed by atoms with Crippen molar-refractivity contribution in [3.8, 4) is 0 Å². The lowest BCUT2D eigenvalue weighted by atomic mass is 10.1. The molecule has 1 aromatic carbocycles. The van der Waals surface area contributed by atoms with Crippen molar-refractivity contribution in [1.29, 1.82) is 0 Å². The number of benzene rings is 1. The van der Waals surface area contributed by atoms with Gasteiger partial charge in [-0.2, -0.15) is 0 Å². The van der Waals surface area contributed by atoms with Crippen LogP contribution in [0.5, 0.6) is 0 Å². The topological polar surface area (TPSA) is 42.7 Å². The summed E-state index contributed by atoms with van der Waals surface area (Å²) in [7, 11) is 0. The fourth-order valence-corrected chi connectivity index (χ4v) is 3.50. The van der Waals surface area contributed by atoms with Gasteiger partial charge in [0.1, 0.15) is 5.82 Å². The number of nitrogens with zero attached hydrogens (tertiary/aromatic N) is 3. The number of nitrogens with one attached hydrogen (secondary N) is 1. The van der Waals surface area contributed by atoms with Gasteiger partial charge in [0.05, 0.1) is 0 Å². The lowest BCUT2D eigenvalue weighted by Crippen LogP contribution is -2.17. The van der Waals surface area contributed by atoms with E-state index in [0.29, 0.717) is 5.92 Å². The van der Waals surface area contributed by atoms with Crippen molar-refractivity contribution in [3.05, 3.63) is 40.7 Å². The second kappa shape index (κ2) is 9.23. The Balaban J connectivity index is 1.81. The molecule has 0 atom stereocenters. The van der Waals surface area contributed by atoms with Crippen LogP contribution in [0.2, 0.25) is 0 Å². The van der Waals surface area contributed by atoms with Crippen molar-refractivity contribution < 1.29 is 0 Å². The summed E-state index contributed by atoms with van der Waals surface area (Å²) < 4.78 is 2.28. The van der Waals surface area contributed by atoms with E-state index in [2.05, 4.69) is 72.2 Å². The molecule has 1 N–H and O–H groups in total. The minimum Gasteiger partial charge on any atom is -0.313 e. The van der Waals surface area contributed by atoms with E-state index in [1.165, 1.54) is 16.7 Å². The van der Waals surface area contributed by atoms with E-state index in [1.54, 1.807) is 11.8 Å². The third-order valence-electron chi connectivity index (χ3n) is 3.89. The van der Waals surface area contributed by atoms with Crippen LogP contribution in [0.3, 0.4) is 0 Å². The number of hydrogen-bond donors (Lipinski definition) is 1. The minimum absolute atomic E-state index is 0.605. The molecule has 2 aromatic rings. The van der Waals surface area contributed by atoms with Gasteiger partial charge < -0.3 is 9.88 Å². The lowest BCUT2D eigenvalue weighted by Gasteiger charge is -2.12. The summed E-state index contributed by atoms with van der Waals surface area (Å²) in [6, 6.07) is 6.72. The SMILES string of the molecule is CSc1nnc(CCCNCc2cc(C)cc(C)c2)n1CC(C)C. The van der Waals surface area contributed by atoms with E-state index in [1.807, 2.05) is 0 Å². The van der Waals surface area contributed by atoms with Gasteiger partial charge in [-0.05, 0) is 44.6 Å². The van der Waals surface area contributed by atoms with Gasteiger partial charge in [0.25, 0.3) is 0 Å². The largest absolute Gasteiger partial charge is 0.313 e. The summed E-state index contributed by atoms with van der Waals surface area (Å²) in [5.41, 5.74) is 4.02. The average molecular weight is 347 g/mol. The van der Waals surface area contributed by atoms with Crippen LogP contribution in [-0.2, 0) is 19.5 Å². The van der Waals surface area contributed by atoms with Crippen LogP contribution >= 0.6 is 11.8 Å². The molecule has 1 heterocycles. The monoisotopic (exact) mass is 346 g/mol. The Morgan fingerprint density at radius 2 is 1.83 bits per heavy atom. The van der Waals surface area contributed by atoms with Crippen LogP contribution in [0.4, 0.5) is 0 Å². The molecule has 0 aliphatic heterocycles. The molecule has 132 valence electrons. The molecule has 0 unspecified atom stereocenters.